The van der Waals surface area contributed by atoms with Crippen molar-refractivity contribution in [2.75, 3.05) is 5.32 Å². The van der Waals surface area contributed by atoms with Crippen LogP contribution in [0.15, 0.2) is 36.5 Å². The number of thiazole rings is 1. The molecule has 0 unspecified atom stereocenters. The molecule has 1 N–H and O–H groups in total. The SMILES string of the molecule is Cc1ccc2nc(-c3ccc(F)c(C)c3)c(CC(=O)Nc3nc(C)c(C)s3)n2c1. The van der Waals surface area contributed by atoms with E-state index in [1.807, 2.05) is 43.5 Å². The molecule has 5 nitrogen and oxygen atoms in total. The van der Waals surface area contributed by atoms with Crippen molar-refractivity contribution in [1.29, 1.82) is 0 Å². The smallest absolute Gasteiger partial charge is 0.232 e. The number of aryl methyl sites for hydroxylation is 4. The Morgan fingerprint density at radius 2 is 1.93 bits per heavy atom. The molecular weight excluding hydrogens is 387 g/mol. The number of fused-ring (bicyclic) bond motifs is 1. The van der Waals surface area contributed by atoms with Gasteiger partial charge in [0.1, 0.15) is 11.5 Å². The molecule has 3 heterocycles. The monoisotopic (exact) mass is 408 g/mol. The molecule has 1 amide bonds. The molecule has 0 aliphatic heterocycles. The standard InChI is InChI=1S/C22H21FN4OS/c1-12-5-8-19-25-21(16-6-7-17(23)13(2)9-16)18(27(19)11-12)10-20(28)26-22-24-14(3)15(4)29-22/h5-9,11H,10H2,1-4H3,(H,24,26,28). The highest BCUT2D eigenvalue weighted by Crippen LogP contribution is 2.28. The van der Waals surface area contributed by atoms with Crippen LogP contribution in [0.1, 0.15) is 27.4 Å². The van der Waals surface area contributed by atoms with Crippen LogP contribution in [0.25, 0.3) is 16.9 Å². The summed E-state index contributed by atoms with van der Waals surface area (Å²) in [6, 6.07) is 8.80. The molecule has 0 aliphatic carbocycles. The summed E-state index contributed by atoms with van der Waals surface area (Å²) in [6.07, 6.45) is 2.09. The summed E-state index contributed by atoms with van der Waals surface area (Å²) in [4.78, 5) is 23.0. The zero-order valence-corrected chi connectivity index (χ0v) is 17.5. The first-order valence-corrected chi connectivity index (χ1v) is 10.1. The minimum atomic E-state index is -0.262. The summed E-state index contributed by atoms with van der Waals surface area (Å²) >= 11 is 1.46. The number of amides is 1. The number of halogens is 1. The maximum absolute atomic E-state index is 13.8. The number of nitrogens with one attached hydrogen (secondary N) is 1. The summed E-state index contributed by atoms with van der Waals surface area (Å²) in [7, 11) is 0. The van der Waals surface area contributed by atoms with Crippen molar-refractivity contribution in [3.05, 3.63) is 69.7 Å². The van der Waals surface area contributed by atoms with Gasteiger partial charge in [0.05, 0.1) is 23.5 Å². The molecule has 0 saturated heterocycles. The fourth-order valence-electron chi connectivity index (χ4n) is 3.23. The second-order valence-electron chi connectivity index (χ2n) is 7.19. The van der Waals surface area contributed by atoms with E-state index in [0.717, 1.165) is 33.0 Å². The van der Waals surface area contributed by atoms with E-state index in [1.54, 1.807) is 19.1 Å². The molecule has 7 heteroatoms. The lowest BCUT2D eigenvalue weighted by Gasteiger charge is -2.07. The van der Waals surface area contributed by atoms with Gasteiger partial charge < -0.3 is 9.72 Å². The molecule has 0 bridgehead atoms. The summed E-state index contributed by atoms with van der Waals surface area (Å²) in [6.45, 7) is 7.61. The van der Waals surface area contributed by atoms with Crippen LogP contribution in [0.4, 0.5) is 9.52 Å². The fourth-order valence-corrected chi connectivity index (χ4v) is 4.06. The Balaban J connectivity index is 1.75. The first-order valence-electron chi connectivity index (χ1n) is 9.30. The predicted molar refractivity (Wildman–Crippen MR) is 114 cm³/mol. The average molecular weight is 409 g/mol. The van der Waals surface area contributed by atoms with Gasteiger partial charge in [-0.15, -0.1) is 11.3 Å². The van der Waals surface area contributed by atoms with Crippen LogP contribution in [-0.4, -0.2) is 20.3 Å². The quantitative estimate of drug-likeness (QED) is 0.516. The highest BCUT2D eigenvalue weighted by atomic mass is 32.1. The van der Waals surface area contributed by atoms with Crippen molar-refractivity contribution in [2.24, 2.45) is 0 Å². The minimum absolute atomic E-state index is 0.133. The average Bonchev–Trinajstić information content (AvgIpc) is 3.17. The van der Waals surface area contributed by atoms with Gasteiger partial charge in [-0.1, -0.05) is 6.07 Å². The van der Waals surface area contributed by atoms with Crippen LogP contribution in [-0.2, 0) is 11.2 Å². The van der Waals surface area contributed by atoms with E-state index in [4.69, 9.17) is 4.98 Å². The molecular formula is C22H21FN4OS. The van der Waals surface area contributed by atoms with Crippen LogP contribution in [0, 0.1) is 33.5 Å². The lowest BCUT2D eigenvalue weighted by Crippen LogP contribution is -2.16. The predicted octanol–water partition coefficient (Wildman–Crippen LogP) is 5.01. The number of rotatable bonds is 4. The van der Waals surface area contributed by atoms with Crippen LogP contribution in [0.2, 0.25) is 0 Å². The zero-order valence-electron chi connectivity index (χ0n) is 16.7. The van der Waals surface area contributed by atoms with Crippen molar-refractivity contribution in [2.45, 2.75) is 34.1 Å². The first kappa shape index (κ1) is 19.3. The number of imidazole rings is 1. The van der Waals surface area contributed by atoms with Gasteiger partial charge >= 0.3 is 0 Å². The summed E-state index contributed by atoms with van der Waals surface area (Å²) < 4.78 is 15.7. The van der Waals surface area contributed by atoms with Gasteiger partial charge in [-0.3, -0.25) is 4.79 Å². The van der Waals surface area contributed by atoms with E-state index in [9.17, 15) is 9.18 Å². The van der Waals surface area contributed by atoms with Crippen molar-refractivity contribution in [3.63, 3.8) is 0 Å². The van der Waals surface area contributed by atoms with Gasteiger partial charge in [-0.2, -0.15) is 0 Å². The van der Waals surface area contributed by atoms with Gasteiger partial charge in [0.15, 0.2) is 5.13 Å². The Labute approximate surface area is 172 Å². The third-order valence-corrected chi connectivity index (χ3v) is 5.89. The number of hydrogen-bond donors (Lipinski definition) is 1. The summed E-state index contributed by atoms with van der Waals surface area (Å²) in [5.41, 5.74) is 5.49. The van der Waals surface area contributed by atoms with E-state index in [1.165, 1.54) is 17.4 Å². The number of benzene rings is 1. The molecule has 0 fully saturated rings. The Morgan fingerprint density at radius 3 is 2.62 bits per heavy atom. The van der Waals surface area contributed by atoms with E-state index in [-0.39, 0.29) is 18.1 Å². The maximum atomic E-state index is 13.8. The number of carbonyl (C=O) groups is 1. The molecule has 0 aliphatic rings. The number of nitrogens with zero attached hydrogens (tertiary/aromatic N) is 3. The van der Waals surface area contributed by atoms with Gasteiger partial charge in [0.25, 0.3) is 0 Å². The summed E-state index contributed by atoms with van der Waals surface area (Å²) in [5.74, 6) is -0.427. The lowest BCUT2D eigenvalue weighted by molar-refractivity contribution is -0.115. The molecule has 148 valence electrons. The third kappa shape index (κ3) is 3.78. The van der Waals surface area contributed by atoms with Crippen molar-refractivity contribution >= 4 is 28.0 Å². The van der Waals surface area contributed by atoms with E-state index < -0.39 is 0 Å². The van der Waals surface area contributed by atoms with Crippen molar-refractivity contribution < 1.29 is 9.18 Å². The van der Waals surface area contributed by atoms with Crippen LogP contribution >= 0.6 is 11.3 Å². The normalized spacial score (nSPS) is 11.2. The highest BCUT2D eigenvalue weighted by Gasteiger charge is 2.19. The molecule has 0 radical (unpaired) electrons. The highest BCUT2D eigenvalue weighted by molar-refractivity contribution is 7.15. The fraction of sp³-hybridized carbons (Fsp3) is 0.227. The van der Waals surface area contributed by atoms with Crippen LogP contribution in [0.3, 0.4) is 0 Å². The molecule has 0 saturated carbocycles. The molecule has 1 aromatic carbocycles. The Bertz CT molecular complexity index is 1220. The number of pyridine rings is 1. The lowest BCUT2D eigenvalue weighted by atomic mass is 10.1. The number of hydrogen-bond acceptors (Lipinski definition) is 4. The Kier molecular flexibility index (Phi) is 4.92. The molecule has 3 aromatic heterocycles. The van der Waals surface area contributed by atoms with Gasteiger partial charge in [-0.25, -0.2) is 14.4 Å². The number of anilines is 1. The maximum Gasteiger partial charge on any atom is 0.232 e. The van der Waals surface area contributed by atoms with E-state index in [0.29, 0.717) is 16.4 Å². The van der Waals surface area contributed by atoms with Crippen LogP contribution in [0.5, 0.6) is 0 Å². The number of carbonyl (C=O) groups excluding carboxylic acids is 1. The third-order valence-electron chi connectivity index (χ3n) is 4.90. The summed E-state index contributed by atoms with van der Waals surface area (Å²) in [5, 5.41) is 3.48. The second-order valence-corrected chi connectivity index (χ2v) is 8.39. The molecule has 0 spiro atoms. The largest absolute Gasteiger partial charge is 0.303 e. The molecule has 4 aromatic rings. The van der Waals surface area contributed by atoms with Crippen molar-refractivity contribution in [1.82, 2.24) is 14.4 Å². The Hall–Kier alpha value is -3.06. The first-order chi connectivity index (χ1) is 13.8. The topological polar surface area (TPSA) is 59.3 Å². The van der Waals surface area contributed by atoms with Crippen molar-refractivity contribution in [3.8, 4) is 11.3 Å². The molecule has 0 atom stereocenters. The molecule has 29 heavy (non-hydrogen) atoms. The van der Waals surface area contributed by atoms with E-state index >= 15 is 0 Å². The van der Waals surface area contributed by atoms with E-state index in [2.05, 4.69) is 10.3 Å². The van der Waals surface area contributed by atoms with Gasteiger partial charge in [0.2, 0.25) is 5.91 Å². The van der Waals surface area contributed by atoms with Gasteiger partial charge in [0, 0.05) is 16.6 Å². The van der Waals surface area contributed by atoms with Gasteiger partial charge in [-0.05, 0) is 63.1 Å². The zero-order chi connectivity index (χ0) is 20.7. The second kappa shape index (κ2) is 7.40. The Morgan fingerprint density at radius 1 is 1.14 bits per heavy atom. The van der Waals surface area contributed by atoms with Crippen LogP contribution < -0.4 is 5.32 Å². The minimum Gasteiger partial charge on any atom is -0.303 e. The molecule has 4 rings (SSSR count). The number of aromatic nitrogens is 3.